The molecule has 0 heterocycles. The van der Waals surface area contributed by atoms with Gasteiger partial charge in [-0.2, -0.15) is 0 Å². The van der Waals surface area contributed by atoms with E-state index in [0.717, 1.165) is 0 Å². The SMILES string of the molecule is [AlH3].[Co].[H-].[Li+].[O]=[Ni]. The molecule has 0 saturated heterocycles. The van der Waals surface area contributed by atoms with Gasteiger partial charge in [0.2, 0.25) is 0 Å². The Balaban J connectivity index is -0.000000000833. The van der Waals surface area contributed by atoms with Crippen LogP contribution in [0.5, 0.6) is 0 Å². The molecule has 0 amide bonds. The van der Waals surface area contributed by atoms with Crippen molar-refractivity contribution in [2.75, 3.05) is 0 Å². The van der Waals surface area contributed by atoms with Gasteiger partial charge in [0.05, 0.1) is 0 Å². The molecule has 5 heavy (non-hydrogen) atoms. The van der Waals surface area contributed by atoms with Crippen LogP contribution >= 0.6 is 0 Å². The average molecular weight is 172 g/mol. The van der Waals surface area contributed by atoms with Crippen molar-refractivity contribution in [3.05, 3.63) is 0 Å². The zero-order valence-corrected chi connectivity index (χ0v) is 4.09. The maximum atomic E-state index is 7.88. The summed E-state index contributed by atoms with van der Waals surface area (Å²) in [6.45, 7) is 0. The van der Waals surface area contributed by atoms with E-state index in [0.29, 0.717) is 0 Å². The van der Waals surface area contributed by atoms with Gasteiger partial charge >= 0.3 is 38.1 Å². The average Bonchev–Trinajstić information content (AvgIpc) is 1.00. The zero-order valence-electron chi connectivity index (χ0n) is 3.06. The van der Waals surface area contributed by atoms with E-state index in [1.165, 1.54) is 0 Å². The second kappa shape index (κ2) is 38.7. The predicted molar refractivity (Wildman–Crippen MR) is 11.7 cm³/mol. The Labute approximate surface area is 73.2 Å². The fourth-order valence-electron chi connectivity index (χ4n) is 0. The van der Waals surface area contributed by atoms with Gasteiger partial charge in [0, 0.05) is 16.8 Å². The maximum absolute atomic E-state index is 7.88. The Morgan fingerprint density at radius 2 is 1.40 bits per heavy atom. The van der Waals surface area contributed by atoms with E-state index in [1.54, 1.807) is 0 Å². The van der Waals surface area contributed by atoms with Crippen LogP contribution < -0.4 is 18.9 Å². The van der Waals surface area contributed by atoms with Crippen LogP contribution in [-0.4, -0.2) is 17.4 Å². The molecule has 0 spiro atoms. The summed E-state index contributed by atoms with van der Waals surface area (Å²) in [5, 5.41) is 0. The van der Waals surface area contributed by atoms with E-state index in [2.05, 4.69) is 15.4 Å². The topological polar surface area (TPSA) is 17.1 Å². The summed E-state index contributed by atoms with van der Waals surface area (Å²) >= 11 is 2.62. The summed E-state index contributed by atoms with van der Waals surface area (Å²) in [5.74, 6) is 0. The van der Waals surface area contributed by atoms with Gasteiger partial charge in [-0.1, -0.05) is 0 Å². The number of rotatable bonds is 0. The first-order chi connectivity index (χ1) is 1.00. The molecule has 0 fully saturated rings. The molecule has 0 rings (SSSR count). The van der Waals surface area contributed by atoms with Crippen molar-refractivity contribution in [1.82, 2.24) is 0 Å². The Morgan fingerprint density at radius 1 is 1.40 bits per heavy atom. The predicted octanol–water partition coefficient (Wildman–Crippen LogP) is -4.19. The van der Waals surface area contributed by atoms with Crippen LogP contribution in [-0.2, 0) is 36.1 Å². The molecular formula is H4AlCoLiNiO. The molecule has 0 aliphatic carbocycles. The first kappa shape index (κ1) is 28.4. The van der Waals surface area contributed by atoms with Gasteiger partial charge in [-0.05, 0) is 0 Å². The molecule has 0 unspecified atom stereocenters. The molecule has 0 atom stereocenters. The van der Waals surface area contributed by atoms with Gasteiger partial charge in [-0.3, -0.25) is 0 Å². The van der Waals surface area contributed by atoms with Crippen LogP contribution in [0.3, 0.4) is 0 Å². The van der Waals surface area contributed by atoms with Gasteiger partial charge < -0.3 is 1.43 Å². The third kappa shape index (κ3) is 24.6. The summed E-state index contributed by atoms with van der Waals surface area (Å²) in [6.07, 6.45) is 0. The standard InChI is InChI=1S/Al.Co.Li.Ni.O.4H/q;;+1;;;;;;-1. The minimum atomic E-state index is 0. The molecule has 0 aromatic carbocycles. The summed E-state index contributed by atoms with van der Waals surface area (Å²) in [4.78, 5) is 0. The van der Waals surface area contributed by atoms with Gasteiger partial charge in [0.25, 0.3) is 0 Å². The van der Waals surface area contributed by atoms with Crippen molar-refractivity contribution in [2.45, 2.75) is 0 Å². The monoisotopic (exact) mass is 171 g/mol. The minimum absolute atomic E-state index is 0. The zero-order chi connectivity index (χ0) is 2.00. The molecule has 0 saturated carbocycles. The third-order valence-electron chi connectivity index (χ3n) is 0. The summed E-state index contributed by atoms with van der Waals surface area (Å²) in [5.41, 5.74) is 0. The molecule has 1 radical (unpaired) electrons. The summed E-state index contributed by atoms with van der Waals surface area (Å²) in [7, 11) is 0. The van der Waals surface area contributed by atoms with E-state index in [1.807, 2.05) is 0 Å². The van der Waals surface area contributed by atoms with Crippen LogP contribution in [0.2, 0.25) is 0 Å². The van der Waals surface area contributed by atoms with E-state index in [9.17, 15) is 0 Å². The Hall–Kier alpha value is 1.93. The third-order valence-corrected chi connectivity index (χ3v) is 0. The first-order valence-corrected chi connectivity index (χ1v) is 0.532. The quantitative estimate of drug-likeness (QED) is 0.338. The van der Waals surface area contributed by atoms with Crippen molar-refractivity contribution < 1.29 is 56.4 Å². The Kier molecular flexibility index (Phi) is 220. The molecule has 0 aliphatic rings. The molecule has 5 heteroatoms. The van der Waals surface area contributed by atoms with E-state index >= 15 is 0 Å². The molecular weight excluding hydrogens is 168 g/mol. The first-order valence-electron chi connectivity index (χ1n) is 0.129. The van der Waals surface area contributed by atoms with Crippen LogP contribution in [0.15, 0.2) is 0 Å². The fraction of sp³-hybridized carbons (Fsp3) is 0. The van der Waals surface area contributed by atoms with Crippen LogP contribution in [0.25, 0.3) is 0 Å². The normalized spacial score (nSPS) is 1.20. The molecule has 0 aromatic rings. The van der Waals surface area contributed by atoms with Crippen molar-refractivity contribution in [3.8, 4) is 0 Å². The molecule has 0 bridgehead atoms. The van der Waals surface area contributed by atoms with E-state index in [-0.39, 0.29) is 54.4 Å². The van der Waals surface area contributed by atoms with Crippen molar-refractivity contribution in [2.24, 2.45) is 0 Å². The second-order valence-electron chi connectivity index (χ2n) is 0. The molecule has 33 valence electrons. The van der Waals surface area contributed by atoms with Crippen LogP contribution in [0.1, 0.15) is 1.43 Å². The number of hydrogen-bond donors (Lipinski definition) is 0. The van der Waals surface area contributed by atoms with Gasteiger partial charge in [0.15, 0.2) is 17.4 Å². The Morgan fingerprint density at radius 3 is 1.40 bits per heavy atom. The molecule has 0 aliphatic heterocycles. The summed E-state index contributed by atoms with van der Waals surface area (Å²) < 4.78 is 7.88. The van der Waals surface area contributed by atoms with E-state index in [4.69, 9.17) is 3.90 Å². The van der Waals surface area contributed by atoms with Gasteiger partial charge in [0.1, 0.15) is 0 Å². The Bertz CT molecular complexity index is 15.5. The van der Waals surface area contributed by atoms with Crippen molar-refractivity contribution in [3.63, 3.8) is 0 Å². The molecule has 0 N–H and O–H groups in total. The molecule has 1 nitrogen and oxygen atoms in total. The van der Waals surface area contributed by atoms with Crippen LogP contribution in [0.4, 0.5) is 0 Å². The van der Waals surface area contributed by atoms with Crippen molar-refractivity contribution in [1.29, 1.82) is 0 Å². The second-order valence-corrected chi connectivity index (χ2v) is 0. The fourth-order valence-corrected chi connectivity index (χ4v) is 0. The van der Waals surface area contributed by atoms with Crippen LogP contribution in [0, 0.1) is 0 Å². The van der Waals surface area contributed by atoms with Crippen molar-refractivity contribution >= 4 is 17.4 Å². The van der Waals surface area contributed by atoms with Gasteiger partial charge in [-0.25, -0.2) is 0 Å². The summed E-state index contributed by atoms with van der Waals surface area (Å²) in [6, 6.07) is 0. The molecule has 0 aromatic heterocycles. The number of hydrogen-bond acceptors (Lipinski definition) is 1. The van der Waals surface area contributed by atoms with E-state index < -0.39 is 0 Å². The van der Waals surface area contributed by atoms with Gasteiger partial charge in [-0.15, -0.1) is 0 Å².